The van der Waals surface area contributed by atoms with Gasteiger partial charge in [-0.15, -0.1) is 0 Å². The molecule has 8 nitrogen and oxygen atoms in total. The van der Waals surface area contributed by atoms with Gasteiger partial charge in [-0.1, -0.05) is 29.8 Å². The van der Waals surface area contributed by atoms with Crippen LogP contribution in [0.15, 0.2) is 77.9 Å². The molecule has 0 aliphatic heterocycles. The maximum absolute atomic E-state index is 12.7. The van der Waals surface area contributed by atoms with Crippen molar-refractivity contribution in [3.8, 4) is 5.75 Å². The molecule has 0 atom stereocenters. The first-order chi connectivity index (χ1) is 16.0. The van der Waals surface area contributed by atoms with Gasteiger partial charge in [0.2, 0.25) is 0 Å². The summed E-state index contributed by atoms with van der Waals surface area (Å²) in [6.45, 7) is 4.41. The molecule has 33 heavy (non-hydrogen) atoms. The highest BCUT2D eigenvalue weighted by Gasteiger charge is 2.17. The molecule has 0 aromatic heterocycles. The highest BCUT2D eigenvalue weighted by molar-refractivity contribution is 6.40. The Balaban J connectivity index is 1.59. The second-order valence-corrected chi connectivity index (χ2v) is 7.02. The first-order valence-electron chi connectivity index (χ1n) is 10.3. The van der Waals surface area contributed by atoms with E-state index in [0.717, 1.165) is 16.9 Å². The highest BCUT2D eigenvalue weighted by Crippen LogP contribution is 2.18. The van der Waals surface area contributed by atoms with Crippen LogP contribution in [0.3, 0.4) is 0 Å². The van der Waals surface area contributed by atoms with E-state index < -0.39 is 17.7 Å². The molecule has 0 heterocycles. The smallest absolute Gasteiger partial charge is 0.329 e. The first kappa shape index (κ1) is 23.2. The molecule has 0 aliphatic carbocycles. The van der Waals surface area contributed by atoms with Gasteiger partial charge in [0.15, 0.2) is 0 Å². The molecule has 0 radical (unpaired) electrons. The molecular formula is C25H24N4O4. The molecular weight excluding hydrogens is 420 g/mol. The summed E-state index contributed by atoms with van der Waals surface area (Å²) >= 11 is 0. The number of aryl methyl sites for hydroxylation is 1. The predicted molar refractivity (Wildman–Crippen MR) is 128 cm³/mol. The second kappa shape index (κ2) is 11.2. The molecule has 0 bridgehead atoms. The number of ether oxygens (including phenoxy) is 1. The predicted octanol–water partition coefficient (Wildman–Crippen LogP) is 3.73. The van der Waals surface area contributed by atoms with Gasteiger partial charge in [-0.2, -0.15) is 5.10 Å². The van der Waals surface area contributed by atoms with Gasteiger partial charge in [-0.25, -0.2) is 5.43 Å². The topological polar surface area (TPSA) is 109 Å². The zero-order valence-electron chi connectivity index (χ0n) is 18.3. The molecule has 3 aromatic rings. The Labute approximate surface area is 191 Å². The van der Waals surface area contributed by atoms with E-state index in [0.29, 0.717) is 12.3 Å². The Morgan fingerprint density at radius 3 is 2.27 bits per heavy atom. The number of hydrazone groups is 1. The lowest BCUT2D eigenvalue weighted by molar-refractivity contribution is -0.136. The third kappa shape index (κ3) is 6.76. The molecule has 0 spiro atoms. The summed E-state index contributed by atoms with van der Waals surface area (Å²) in [5.74, 6) is -1.60. The molecule has 0 aliphatic rings. The third-order valence-corrected chi connectivity index (χ3v) is 4.51. The van der Waals surface area contributed by atoms with E-state index in [4.69, 9.17) is 4.74 Å². The van der Waals surface area contributed by atoms with Crippen LogP contribution < -0.4 is 20.8 Å². The number of para-hydroxylation sites is 1. The molecule has 3 aromatic carbocycles. The Hall–Kier alpha value is -4.46. The summed E-state index contributed by atoms with van der Waals surface area (Å²) in [6.07, 6.45) is 1.41. The first-order valence-corrected chi connectivity index (χ1v) is 10.3. The quantitative estimate of drug-likeness (QED) is 0.293. The standard InChI is InChI=1S/C25H24N4O4/c1-3-33-20-14-10-18(11-15-20)16-26-29-25(32)24(31)28-22-7-5-4-6-21(22)23(30)27-19-12-8-17(2)9-13-19/h4-16H,3H2,1-2H3,(H,27,30)(H,28,31)(H,29,32)/b26-16+. The van der Waals surface area contributed by atoms with E-state index in [1.54, 1.807) is 60.7 Å². The van der Waals surface area contributed by atoms with Crippen molar-refractivity contribution in [2.45, 2.75) is 13.8 Å². The van der Waals surface area contributed by atoms with Crippen molar-refractivity contribution in [3.05, 3.63) is 89.5 Å². The molecule has 0 saturated carbocycles. The van der Waals surface area contributed by atoms with Crippen LogP contribution in [0.5, 0.6) is 5.75 Å². The number of benzene rings is 3. The van der Waals surface area contributed by atoms with Crippen molar-refractivity contribution in [3.63, 3.8) is 0 Å². The Morgan fingerprint density at radius 2 is 1.58 bits per heavy atom. The van der Waals surface area contributed by atoms with Crippen LogP contribution in [0, 0.1) is 6.92 Å². The minimum atomic E-state index is -0.967. The van der Waals surface area contributed by atoms with E-state index in [2.05, 4.69) is 21.2 Å². The fourth-order valence-electron chi connectivity index (χ4n) is 2.84. The highest BCUT2D eigenvalue weighted by atomic mass is 16.5. The van der Waals surface area contributed by atoms with E-state index in [1.807, 2.05) is 26.0 Å². The van der Waals surface area contributed by atoms with Gasteiger partial charge >= 0.3 is 11.8 Å². The van der Waals surface area contributed by atoms with Crippen molar-refractivity contribution in [2.24, 2.45) is 5.10 Å². The molecule has 168 valence electrons. The van der Waals surface area contributed by atoms with Crippen LogP contribution in [-0.4, -0.2) is 30.5 Å². The largest absolute Gasteiger partial charge is 0.494 e. The Morgan fingerprint density at radius 1 is 0.879 bits per heavy atom. The Kier molecular flexibility index (Phi) is 7.91. The van der Waals surface area contributed by atoms with Crippen LogP contribution in [-0.2, 0) is 9.59 Å². The maximum atomic E-state index is 12.7. The number of nitrogens with zero attached hydrogens (tertiary/aromatic N) is 1. The number of hydrogen-bond acceptors (Lipinski definition) is 5. The number of anilines is 2. The number of carbonyl (C=O) groups is 3. The second-order valence-electron chi connectivity index (χ2n) is 7.02. The molecule has 8 heteroatoms. The summed E-state index contributed by atoms with van der Waals surface area (Å²) in [6, 6.07) is 20.8. The lowest BCUT2D eigenvalue weighted by Crippen LogP contribution is -2.33. The summed E-state index contributed by atoms with van der Waals surface area (Å²) in [5, 5.41) is 9.02. The zero-order valence-corrected chi connectivity index (χ0v) is 18.3. The van der Waals surface area contributed by atoms with Crippen molar-refractivity contribution in [1.82, 2.24) is 5.43 Å². The SMILES string of the molecule is CCOc1ccc(/C=N/NC(=O)C(=O)Nc2ccccc2C(=O)Nc2ccc(C)cc2)cc1. The average Bonchev–Trinajstić information content (AvgIpc) is 2.82. The number of amides is 3. The summed E-state index contributed by atoms with van der Waals surface area (Å²) in [5.41, 5.74) is 5.00. The van der Waals surface area contributed by atoms with E-state index >= 15 is 0 Å². The van der Waals surface area contributed by atoms with Gasteiger partial charge < -0.3 is 15.4 Å². The van der Waals surface area contributed by atoms with Crippen LogP contribution in [0.25, 0.3) is 0 Å². The number of hydrogen-bond donors (Lipinski definition) is 3. The van der Waals surface area contributed by atoms with Gasteiger partial charge in [-0.3, -0.25) is 14.4 Å². The summed E-state index contributed by atoms with van der Waals surface area (Å²) < 4.78 is 5.36. The van der Waals surface area contributed by atoms with Crippen LogP contribution in [0.2, 0.25) is 0 Å². The van der Waals surface area contributed by atoms with Gasteiger partial charge in [0.05, 0.1) is 24.1 Å². The molecule has 3 amide bonds. The number of rotatable bonds is 7. The average molecular weight is 444 g/mol. The molecule has 3 N–H and O–H groups in total. The fourth-order valence-corrected chi connectivity index (χ4v) is 2.84. The fraction of sp³-hybridized carbons (Fsp3) is 0.120. The van der Waals surface area contributed by atoms with Gasteiger partial charge in [0.25, 0.3) is 5.91 Å². The van der Waals surface area contributed by atoms with Crippen molar-refractivity contribution in [1.29, 1.82) is 0 Å². The van der Waals surface area contributed by atoms with Gasteiger partial charge in [0.1, 0.15) is 5.75 Å². The van der Waals surface area contributed by atoms with E-state index in [1.165, 1.54) is 6.21 Å². The Bertz CT molecular complexity index is 1160. The molecule has 0 fully saturated rings. The summed E-state index contributed by atoms with van der Waals surface area (Å²) in [7, 11) is 0. The van der Waals surface area contributed by atoms with E-state index in [9.17, 15) is 14.4 Å². The lowest BCUT2D eigenvalue weighted by Gasteiger charge is -2.11. The van der Waals surface area contributed by atoms with Gasteiger partial charge in [-0.05, 0) is 67.9 Å². The normalized spacial score (nSPS) is 10.5. The number of carbonyl (C=O) groups excluding carboxylic acids is 3. The molecule has 0 saturated heterocycles. The van der Waals surface area contributed by atoms with Crippen LogP contribution in [0.1, 0.15) is 28.4 Å². The molecule has 3 rings (SSSR count). The van der Waals surface area contributed by atoms with Crippen LogP contribution >= 0.6 is 0 Å². The van der Waals surface area contributed by atoms with Crippen molar-refractivity contribution < 1.29 is 19.1 Å². The zero-order chi connectivity index (χ0) is 23.6. The minimum Gasteiger partial charge on any atom is -0.494 e. The van der Waals surface area contributed by atoms with Crippen molar-refractivity contribution >= 4 is 35.3 Å². The van der Waals surface area contributed by atoms with E-state index in [-0.39, 0.29) is 11.3 Å². The summed E-state index contributed by atoms with van der Waals surface area (Å²) in [4.78, 5) is 37.1. The van der Waals surface area contributed by atoms with Gasteiger partial charge in [0, 0.05) is 5.69 Å². The monoisotopic (exact) mass is 444 g/mol. The number of nitrogens with one attached hydrogen (secondary N) is 3. The minimum absolute atomic E-state index is 0.206. The maximum Gasteiger partial charge on any atom is 0.329 e. The molecule has 0 unspecified atom stereocenters. The third-order valence-electron chi connectivity index (χ3n) is 4.51. The van der Waals surface area contributed by atoms with Crippen LogP contribution in [0.4, 0.5) is 11.4 Å². The lowest BCUT2D eigenvalue weighted by atomic mass is 10.1. The van der Waals surface area contributed by atoms with Crippen molar-refractivity contribution in [2.75, 3.05) is 17.2 Å².